The highest BCUT2D eigenvalue weighted by Gasteiger charge is 2.24. The molecule has 166 valence electrons. The van der Waals surface area contributed by atoms with E-state index in [1.54, 1.807) is 21.1 Å². The summed E-state index contributed by atoms with van der Waals surface area (Å²) in [6.45, 7) is 10.1. The predicted molar refractivity (Wildman–Crippen MR) is 114 cm³/mol. The minimum atomic E-state index is -0.417. The van der Waals surface area contributed by atoms with Gasteiger partial charge in [-0.15, -0.1) is 0 Å². The molecule has 1 fully saturated rings. The van der Waals surface area contributed by atoms with Crippen molar-refractivity contribution in [1.29, 1.82) is 0 Å². The summed E-state index contributed by atoms with van der Waals surface area (Å²) in [5.41, 5.74) is 0.0167. The van der Waals surface area contributed by atoms with Gasteiger partial charge in [0.2, 0.25) is 0 Å². The van der Waals surface area contributed by atoms with E-state index in [1.807, 2.05) is 13.8 Å². The molecule has 2 aromatic rings. The van der Waals surface area contributed by atoms with E-state index in [0.29, 0.717) is 63.0 Å². The fraction of sp³-hybridized carbons (Fsp3) is 0.700. The normalized spacial score (nSPS) is 15.3. The molecule has 1 aliphatic rings. The molecule has 3 heterocycles. The first-order valence-corrected chi connectivity index (χ1v) is 10.6. The summed E-state index contributed by atoms with van der Waals surface area (Å²) in [4.78, 5) is 47.7. The van der Waals surface area contributed by atoms with Crippen LogP contribution < -0.4 is 11.2 Å². The Morgan fingerprint density at radius 3 is 2.53 bits per heavy atom. The van der Waals surface area contributed by atoms with Crippen LogP contribution in [0.5, 0.6) is 0 Å². The van der Waals surface area contributed by atoms with Gasteiger partial charge in [-0.2, -0.15) is 0 Å². The zero-order valence-corrected chi connectivity index (χ0v) is 18.3. The van der Waals surface area contributed by atoms with E-state index in [1.165, 1.54) is 0 Å². The molecule has 0 radical (unpaired) electrons. The van der Waals surface area contributed by atoms with Crippen LogP contribution in [0.2, 0.25) is 0 Å². The van der Waals surface area contributed by atoms with Gasteiger partial charge in [-0.05, 0) is 12.3 Å². The quantitative estimate of drug-likeness (QED) is 0.720. The molecule has 0 bridgehead atoms. The van der Waals surface area contributed by atoms with Crippen molar-refractivity contribution in [2.75, 3.05) is 32.8 Å². The zero-order chi connectivity index (χ0) is 21.8. The third-order valence-corrected chi connectivity index (χ3v) is 5.38. The van der Waals surface area contributed by atoms with E-state index < -0.39 is 11.2 Å². The van der Waals surface area contributed by atoms with Crippen LogP contribution in [0, 0.1) is 5.92 Å². The smallest absolute Gasteiger partial charge is 0.409 e. The number of carbonyl (C=O) groups is 1. The summed E-state index contributed by atoms with van der Waals surface area (Å²) >= 11 is 0. The molecule has 0 saturated carbocycles. The molecular weight excluding hydrogens is 388 g/mol. The van der Waals surface area contributed by atoms with Crippen molar-refractivity contribution in [1.82, 2.24) is 28.9 Å². The zero-order valence-electron chi connectivity index (χ0n) is 18.3. The highest BCUT2D eigenvalue weighted by atomic mass is 16.6. The summed E-state index contributed by atoms with van der Waals surface area (Å²) in [5.74, 6) is 1.04. The lowest BCUT2D eigenvalue weighted by Crippen LogP contribution is -2.48. The van der Waals surface area contributed by atoms with Crippen molar-refractivity contribution in [3.05, 3.63) is 26.7 Å². The van der Waals surface area contributed by atoms with Gasteiger partial charge in [0, 0.05) is 39.8 Å². The number of fused-ring (bicyclic) bond motifs is 1. The highest BCUT2D eigenvalue weighted by molar-refractivity contribution is 5.70. The second kappa shape index (κ2) is 9.46. The van der Waals surface area contributed by atoms with E-state index >= 15 is 0 Å². The third-order valence-electron chi connectivity index (χ3n) is 5.38. The first-order valence-electron chi connectivity index (χ1n) is 10.6. The summed E-state index contributed by atoms with van der Waals surface area (Å²) in [6.07, 6.45) is 1.51. The predicted octanol–water partition coefficient (Wildman–Crippen LogP) is 1.13. The van der Waals surface area contributed by atoms with E-state index in [-0.39, 0.29) is 6.09 Å². The molecule has 1 aliphatic heterocycles. The number of piperazine rings is 1. The topological polar surface area (TPSA) is 105 Å². The van der Waals surface area contributed by atoms with Gasteiger partial charge < -0.3 is 14.2 Å². The molecule has 0 spiro atoms. The number of unbranched alkanes of at least 4 members (excludes halogenated alkanes) is 1. The van der Waals surface area contributed by atoms with Crippen LogP contribution in [0.1, 0.15) is 39.4 Å². The summed E-state index contributed by atoms with van der Waals surface area (Å²) < 4.78 is 8.62. The van der Waals surface area contributed by atoms with Gasteiger partial charge in [0.05, 0.1) is 13.2 Å². The monoisotopic (exact) mass is 420 g/mol. The van der Waals surface area contributed by atoms with E-state index in [2.05, 4.69) is 21.8 Å². The van der Waals surface area contributed by atoms with Crippen LogP contribution in [0.4, 0.5) is 4.79 Å². The summed E-state index contributed by atoms with van der Waals surface area (Å²) in [6, 6.07) is 0. The van der Waals surface area contributed by atoms with Crippen LogP contribution in [-0.4, -0.2) is 67.8 Å². The highest BCUT2D eigenvalue weighted by Crippen LogP contribution is 2.14. The Balaban J connectivity index is 1.72. The Hall–Kier alpha value is -2.62. The molecule has 10 nitrogen and oxygen atoms in total. The number of nitrogens with one attached hydrogen (secondary N) is 1. The van der Waals surface area contributed by atoms with Crippen LogP contribution in [0.25, 0.3) is 11.2 Å². The molecule has 0 atom stereocenters. The maximum atomic E-state index is 12.4. The molecular formula is C20H32N6O4. The third kappa shape index (κ3) is 4.75. The van der Waals surface area contributed by atoms with Crippen molar-refractivity contribution >= 4 is 17.3 Å². The van der Waals surface area contributed by atoms with Gasteiger partial charge in [-0.3, -0.25) is 19.2 Å². The Labute approximate surface area is 175 Å². The van der Waals surface area contributed by atoms with Crippen molar-refractivity contribution in [3.8, 4) is 0 Å². The van der Waals surface area contributed by atoms with E-state index in [9.17, 15) is 14.4 Å². The van der Waals surface area contributed by atoms with Crippen molar-refractivity contribution in [2.24, 2.45) is 13.0 Å². The number of imidazole rings is 1. The first kappa shape index (κ1) is 22.1. The Bertz CT molecular complexity index is 997. The standard InChI is InChI=1S/C20H32N6O4/c1-5-6-7-26-17-16(18(27)22-19(26)28)23(4)15(21-17)12-24-8-10-25(11-9-24)20(29)30-13-14(2)3/h14H,5-13H2,1-4H3,(H,22,27,28). The maximum absolute atomic E-state index is 12.4. The number of nitrogens with zero attached hydrogens (tertiary/aromatic N) is 5. The number of aryl methyl sites for hydroxylation is 2. The molecule has 30 heavy (non-hydrogen) atoms. The SMILES string of the molecule is CCCCn1c(=O)[nH]c(=O)c2c1nc(CN1CCN(C(=O)OCC(C)C)CC1)n2C. The number of aromatic nitrogens is 4. The number of amides is 1. The van der Waals surface area contributed by atoms with Crippen LogP contribution in [0.3, 0.4) is 0 Å². The maximum Gasteiger partial charge on any atom is 0.409 e. The Kier molecular flexibility index (Phi) is 6.96. The number of aromatic amines is 1. The summed E-state index contributed by atoms with van der Waals surface area (Å²) in [7, 11) is 1.80. The Morgan fingerprint density at radius 1 is 1.20 bits per heavy atom. The molecule has 1 saturated heterocycles. The average molecular weight is 421 g/mol. The first-order chi connectivity index (χ1) is 14.3. The number of carbonyl (C=O) groups excluding carboxylic acids is 1. The fourth-order valence-corrected chi connectivity index (χ4v) is 3.57. The lowest BCUT2D eigenvalue weighted by atomic mass is 10.2. The van der Waals surface area contributed by atoms with Crippen LogP contribution in [-0.2, 0) is 24.9 Å². The minimum Gasteiger partial charge on any atom is -0.449 e. The second-order valence-electron chi connectivity index (χ2n) is 8.26. The van der Waals surface area contributed by atoms with Crippen LogP contribution >= 0.6 is 0 Å². The second-order valence-corrected chi connectivity index (χ2v) is 8.26. The van der Waals surface area contributed by atoms with Gasteiger partial charge in [-0.25, -0.2) is 14.6 Å². The molecule has 0 unspecified atom stereocenters. The number of rotatable bonds is 7. The molecule has 10 heteroatoms. The largest absolute Gasteiger partial charge is 0.449 e. The van der Waals surface area contributed by atoms with Gasteiger partial charge in [0.1, 0.15) is 5.82 Å². The number of hydrogen-bond donors (Lipinski definition) is 1. The van der Waals surface area contributed by atoms with E-state index in [4.69, 9.17) is 4.74 Å². The lowest BCUT2D eigenvalue weighted by molar-refractivity contribution is 0.0669. The van der Waals surface area contributed by atoms with Crippen molar-refractivity contribution in [2.45, 2.75) is 46.7 Å². The number of hydrogen-bond acceptors (Lipinski definition) is 6. The molecule has 1 N–H and O–H groups in total. The van der Waals surface area contributed by atoms with Gasteiger partial charge >= 0.3 is 11.8 Å². The fourth-order valence-electron chi connectivity index (χ4n) is 3.57. The molecule has 1 amide bonds. The Morgan fingerprint density at radius 2 is 1.90 bits per heavy atom. The van der Waals surface area contributed by atoms with Gasteiger partial charge in [0.25, 0.3) is 5.56 Å². The van der Waals surface area contributed by atoms with Gasteiger partial charge in [0.15, 0.2) is 11.2 Å². The molecule has 3 rings (SSSR count). The summed E-state index contributed by atoms with van der Waals surface area (Å²) in [5, 5.41) is 0. The number of H-pyrrole nitrogens is 1. The van der Waals surface area contributed by atoms with E-state index in [0.717, 1.165) is 18.7 Å². The van der Waals surface area contributed by atoms with Crippen LogP contribution in [0.15, 0.2) is 9.59 Å². The van der Waals surface area contributed by atoms with Gasteiger partial charge in [-0.1, -0.05) is 27.2 Å². The number of ether oxygens (including phenoxy) is 1. The molecule has 2 aromatic heterocycles. The average Bonchev–Trinajstić information content (AvgIpc) is 3.03. The molecule has 0 aliphatic carbocycles. The molecule has 0 aromatic carbocycles. The minimum absolute atomic E-state index is 0.266. The lowest BCUT2D eigenvalue weighted by Gasteiger charge is -2.33. The van der Waals surface area contributed by atoms with Crippen molar-refractivity contribution in [3.63, 3.8) is 0 Å². The van der Waals surface area contributed by atoms with Crippen molar-refractivity contribution < 1.29 is 9.53 Å².